The van der Waals surface area contributed by atoms with E-state index in [4.69, 9.17) is 16.3 Å². The van der Waals surface area contributed by atoms with Crippen molar-refractivity contribution in [3.63, 3.8) is 0 Å². The van der Waals surface area contributed by atoms with Gasteiger partial charge in [-0.2, -0.15) is 11.8 Å². The summed E-state index contributed by atoms with van der Waals surface area (Å²) in [5, 5.41) is 3.89. The molecule has 1 unspecified atom stereocenters. The zero-order valence-corrected chi connectivity index (χ0v) is 19.0. The Morgan fingerprint density at radius 2 is 2.04 bits per heavy atom. The molecule has 1 saturated carbocycles. The van der Waals surface area contributed by atoms with Crippen LogP contribution in [0.25, 0.3) is 0 Å². The van der Waals surface area contributed by atoms with Gasteiger partial charge in [0.2, 0.25) is 15.9 Å². The van der Waals surface area contributed by atoms with Gasteiger partial charge in [-0.3, -0.25) is 9.10 Å². The van der Waals surface area contributed by atoms with Crippen LogP contribution in [0.1, 0.15) is 39.0 Å². The molecule has 0 bridgehead atoms. The Kier molecular flexibility index (Phi) is 8.77. The van der Waals surface area contributed by atoms with E-state index in [-0.39, 0.29) is 11.6 Å². The first kappa shape index (κ1) is 23.2. The lowest BCUT2D eigenvalue weighted by Crippen LogP contribution is -2.48. The van der Waals surface area contributed by atoms with Gasteiger partial charge in [0.15, 0.2) is 0 Å². The smallest absolute Gasteiger partial charge is 0.243 e. The number of carbonyl (C=O) groups excluding carboxylic acids is 1. The van der Waals surface area contributed by atoms with Gasteiger partial charge in [-0.1, -0.05) is 30.9 Å². The lowest BCUT2D eigenvalue weighted by Gasteiger charge is -2.29. The van der Waals surface area contributed by atoms with Gasteiger partial charge < -0.3 is 10.1 Å². The average molecular weight is 449 g/mol. The molecule has 0 aromatic heterocycles. The Morgan fingerprint density at radius 1 is 1.36 bits per heavy atom. The molecule has 0 radical (unpaired) electrons. The van der Waals surface area contributed by atoms with Crippen molar-refractivity contribution >= 4 is 45.0 Å². The summed E-state index contributed by atoms with van der Waals surface area (Å²) in [4.78, 5) is 12.6. The van der Waals surface area contributed by atoms with Gasteiger partial charge >= 0.3 is 0 Å². The van der Waals surface area contributed by atoms with Crippen LogP contribution < -0.4 is 14.4 Å². The first-order valence-electron chi connectivity index (χ1n) is 9.46. The molecule has 1 amide bonds. The van der Waals surface area contributed by atoms with E-state index in [9.17, 15) is 13.2 Å². The summed E-state index contributed by atoms with van der Waals surface area (Å²) in [6.07, 6.45) is 7.43. The second kappa shape index (κ2) is 10.6. The minimum Gasteiger partial charge on any atom is -0.495 e. The summed E-state index contributed by atoms with van der Waals surface area (Å²) in [6, 6.07) is 3.75. The third-order valence-corrected chi connectivity index (χ3v) is 7.62. The van der Waals surface area contributed by atoms with Crippen LogP contribution in [0, 0.1) is 0 Å². The van der Waals surface area contributed by atoms with E-state index < -0.39 is 16.1 Å². The van der Waals surface area contributed by atoms with Crippen LogP contribution in [-0.4, -0.2) is 51.3 Å². The van der Waals surface area contributed by atoms with Crippen LogP contribution >= 0.6 is 23.4 Å². The second-order valence-corrected chi connectivity index (χ2v) is 10.7. The highest BCUT2D eigenvalue weighted by Crippen LogP contribution is 2.34. The molecular formula is C19H29ClN2O4S2. The predicted molar refractivity (Wildman–Crippen MR) is 117 cm³/mol. The topological polar surface area (TPSA) is 75.7 Å². The number of methoxy groups -OCH3 is 1. The number of carbonyl (C=O) groups is 1. The van der Waals surface area contributed by atoms with Crippen LogP contribution in [0.5, 0.6) is 5.75 Å². The van der Waals surface area contributed by atoms with Crippen molar-refractivity contribution in [3.8, 4) is 5.75 Å². The minimum absolute atomic E-state index is 0.247. The number of hydrogen-bond donors (Lipinski definition) is 1. The summed E-state index contributed by atoms with van der Waals surface area (Å²) in [5.41, 5.74) is 0.247. The van der Waals surface area contributed by atoms with E-state index in [0.717, 1.165) is 16.3 Å². The van der Waals surface area contributed by atoms with Gasteiger partial charge in [-0.15, -0.1) is 0 Å². The summed E-state index contributed by atoms with van der Waals surface area (Å²) < 4.78 is 31.2. The Balaban J connectivity index is 2.03. The highest BCUT2D eigenvalue weighted by atomic mass is 35.5. The number of hydrogen-bond acceptors (Lipinski definition) is 5. The van der Waals surface area contributed by atoms with Gasteiger partial charge in [0.25, 0.3) is 0 Å². The van der Waals surface area contributed by atoms with Crippen molar-refractivity contribution in [3.05, 3.63) is 23.2 Å². The average Bonchev–Trinajstić information content (AvgIpc) is 2.65. The third-order valence-electron chi connectivity index (χ3n) is 4.77. The number of rotatable bonds is 9. The molecular weight excluding hydrogens is 420 g/mol. The number of halogens is 1. The van der Waals surface area contributed by atoms with Gasteiger partial charge in [0.05, 0.1) is 19.1 Å². The van der Waals surface area contributed by atoms with Crippen LogP contribution in [0.3, 0.4) is 0 Å². The molecule has 2 rings (SSSR count). The molecule has 1 aliphatic carbocycles. The number of sulfonamides is 1. The van der Waals surface area contributed by atoms with E-state index >= 15 is 0 Å². The van der Waals surface area contributed by atoms with E-state index in [0.29, 0.717) is 22.6 Å². The minimum atomic E-state index is -3.73. The molecule has 0 spiro atoms. The number of benzene rings is 1. The summed E-state index contributed by atoms with van der Waals surface area (Å²) >= 11 is 7.93. The van der Waals surface area contributed by atoms with Crippen LogP contribution in [-0.2, 0) is 14.8 Å². The zero-order valence-electron chi connectivity index (χ0n) is 16.6. The molecule has 0 heterocycles. The molecule has 1 aliphatic rings. The lowest BCUT2D eigenvalue weighted by molar-refractivity contribution is -0.121. The van der Waals surface area contributed by atoms with Crippen molar-refractivity contribution in [1.82, 2.24) is 5.32 Å². The first-order valence-corrected chi connectivity index (χ1v) is 12.7. The van der Waals surface area contributed by atoms with E-state index in [1.807, 2.05) is 11.8 Å². The van der Waals surface area contributed by atoms with Crippen molar-refractivity contribution in [1.29, 1.82) is 0 Å². The molecule has 0 aliphatic heterocycles. The molecule has 6 nitrogen and oxygen atoms in total. The number of thioether (sulfide) groups is 1. The molecule has 9 heteroatoms. The van der Waals surface area contributed by atoms with Crippen LogP contribution in [0.2, 0.25) is 5.02 Å². The predicted octanol–water partition coefficient (Wildman–Crippen LogP) is 3.69. The maximum atomic E-state index is 12.6. The highest BCUT2D eigenvalue weighted by molar-refractivity contribution is 7.99. The van der Waals surface area contributed by atoms with Crippen molar-refractivity contribution in [2.45, 2.75) is 50.3 Å². The molecule has 1 N–H and O–H groups in total. The normalized spacial score (nSPS) is 16.4. The van der Waals surface area contributed by atoms with Gasteiger partial charge in [0.1, 0.15) is 11.8 Å². The summed E-state index contributed by atoms with van der Waals surface area (Å²) in [7, 11) is -2.29. The Labute approximate surface area is 177 Å². The molecule has 1 fully saturated rings. The Bertz CT molecular complexity index is 767. The lowest BCUT2D eigenvalue weighted by atomic mass is 10.0. The van der Waals surface area contributed by atoms with E-state index in [1.165, 1.54) is 45.3 Å². The van der Waals surface area contributed by atoms with Crippen molar-refractivity contribution in [2.24, 2.45) is 0 Å². The summed E-state index contributed by atoms with van der Waals surface area (Å²) in [5.74, 6) is 0.807. The largest absolute Gasteiger partial charge is 0.495 e. The SMILES string of the molecule is COc1ccc(Cl)cc1N(C(C)C(=O)NCCSC1CCCCC1)S(C)(=O)=O. The number of nitrogens with zero attached hydrogens (tertiary/aromatic N) is 1. The monoisotopic (exact) mass is 448 g/mol. The number of nitrogens with one attached hydrogen (secondary N) is 1. The number of amides is 1. The molecule has 158 valence electrons. The van der Waals surface area contributed by atoms with Crippen LogP contribution in [0.4, 0.5) is 5.69 Å². The molecule has 1 atom stereocenters. The van der Waals surface area contributed by atoms with Gasteiger partial charge in [-0.05, 0) is 38.0 Å². The van der Waals surface area contributed by atoms with Crippen LogP contribution in [0.15, 0.2) is 18.2 Å². The standard InChI is InChI=1S/C19H29ClN2O4S2/c1-14(19(23)21-11-12-27-16-7-5-4-6-8-16)22(28(3,24)25)17-13-15(20)9-10-18(17)26-2/h9-10,13-14,16H,4-8,11-12H2,1-3H3,(H,21,23). The van der Waals surface area contributed by atoms with Crippen molar-refractivity contribution < 1.29 is 17.9 Å². The van der Waals surface area contributed by atoms with Gasteiger partial charge in [0, 0.05) is 22.6 Å². The van der Waals surface area contributed by atoms with Gasteiger partial charge in [-0.25, -0.2) is 8.42 Å². The third kappa shape index (κ3) is 6.46. The first-order chi connectivity index (χ1) is 13.2. The number of ether oxygens (including phenoxy) is 1. The Morgan fingerprint density at radius 3 is 2.64 bits per heavy atom. The molecule has 1 aromatic rings. The Hall–Kier alpha value is -1.12. The fraction of sp³-hybridized carbons (Fsp3) is 0.632. The highest BCUT2D eigenvalue weighted by Gasteiger charge is 2.31. The second-order valence-electron chi connectivity index (χ2n) is 6.97. The summed E-state index contributed by atoms with van der Waals surface area (Å²) in [6.45, 7) is 2.07. The molecule has 0 saturated heterocycles. The van der Waals surface area contributed by atoms with E-state index in [1.54, 1.807) is 19.1 Å². The van der Waals surface area contributed by atoms with Crippen molar-refractivity contribution in [2.75, 3.05) is 30.0 Å². The van der Waals surface area contributed by atoms with E-state index in [2.05, 4.69) is 5.32 Å². The molecule has 1 aromatic carbocycles. The molecule has 28 heavy (non-hydrogen) atoms. The number of anilines is 1. The fourth-order valence-corrected chi connectivity index (χ4v) is 5.95. The zero-order chi connectivity index (χ0) is 20.7. The maximum absolute atomic E-state index is 12.6. The quantitative estimate of drug-likeness (QED) is 0.583. The fourth-order valence-electron chi connectivity index (χ4n) is 3.40. The maximum Gasteiger partial charge on any atom is 0.243 e.